The fraction of sp³-hybridized carbons (Fsp3) is 0.600. The van der Waals surface area contributed by atoms with Gasteiger partial charge < -0.3 is 16.0 Å². The van der Waals surface area contributed by atoms with E-state index in [1.165, 1.54) is 25.5 Å². The van der Waals surface area contributed by atoms with Crippen LogP contribution in [0.25, 0.3) is 0 Å². The molecular formula is C20H33IN4O3S. The van der Waals surface area contributed by atoms with E-state index in [4.69, 9.17) is 0 Å². The second-order valence-electron chi connectivity index (χ2n) is 7.32. The number of carbonyl (C=O) groups excluding carboxylic acids is 1. The molecule has 1 aliphatic rings. The molecule has 0 atom stereocenters. The first-order valence-electron chi connectivity index (χ1n) is 9.90. The molecule has 0 radical (unpaired) electrons. The Morgan fingerprint density at radius 1 is 1.17 bits per heavy atom. The van der Waals surface area contributed by atoms with Gasteiger partial charge in [-0.25, -0.2) is 13.4 Å². The van der Waals surface area contributed by atoms with E-state index in [2.05, 4.69) is 20.9 Å². The Bertz CT molecular complexity index is 806. The summed E-state index contributed by atoms with van der Waals surface area (Å²) in [6, 6.07) is 5.51. The number of hydrogen-bond acceptors (Lipinski definition) is 4. The van der Waals surface area contributed by atoms with Crippen molar-refractivity contribution in [1.29, 1.82) is 0 Å². The monoisotopic (exact) mass is 536 g/mol. The van der Waals surface area contributed by atoms with Gasteiger partial charge in [-0.05, 0) is 43.9 Å². The molecule has 0 aliphatic heterocycles. The topological polar surface area (TPSA) is 99.7 Å². The maximum absolute atomic E-state index is 12.2. The number of rotatable bonds is 7. The summed E-state index contributed by atoms with van der Waals surface area (Å²) in [4.78, 5) is 17.0. The third-order valence-corrected chi connectivity index (χ3v) is 6.05. The highest BCUT2D eigenvalue weighted by molar-refractivity contribution is 14.0. The normalized spacial score (nSPS) is 15.3. The molecule has 164 valence electrons. The van der Waals surface area contributed by atoms with Crippen LogP contribution in [0, 0.1) is 6.92 Å². The minimum Gasteiger partial charge on any atom is -0.357 e. The molecule has 0 heterocycles. The molecule has 1 aliphatic carbocycles. The van der Waals surface area contributed by atoms with E-state index >= 15 is 0 Å². The predicted octanol–water partition coefficient (Wildman–Crippen LogP) is 2.52. The van der Waals surface area contributed by atoms with Gasteiger partial charge in [0.05, 0.1) is 18.0 Å². The van der Waals surface area contributed by atoms with Gasteiger partial charge in [0.2, 0.25) is 5.91 Å². The number of sulfone groups is 1. The van der Waals surface area contributed by atoms with Crippen molar-refractivity contribution < 1.29 is 13.2 Å². The van der Waals surface area contributed by atoms with Gasteiger partial charge in [-0.15, -0.1) is 24.0 Å². The largest absolute Gasteiger partial charge is 0.357 e. The van der Waals surface area contributed by atoms with E-state index in [-0.39, 0.29) is 36.4 Å². The SMILES string of the molecule is CCNC(=NCc1ccc(S(C)(=O)=O)c(C)c1)NCC(=O)NC1CCCCC1.I. The van der Waals surface area contributed by atoms with Crippen molar-refractivity contribution in [3.05, 3.63) is 29.3 Å². The van der Waals surface area contributed by atoms with Gasteiger partial charge >= 0.3 is 0 Å². The van der Waals surface area contributed by atoms with E-state index < -0.39 is 9.84 Å². The zero-order chi connectivity index (χ0) is 20.6. The summed E-state index contributed by atoms with van der Waals surface area (Å²) >= 11 is 0. The Hall–Kier alpha value is -1.36. The number of amides is 1. The second-order valence-corrected chi connectivity index (χ2v) is 9.31. The van der Waals surface area contributed by atoms with Gasteiger partial charge in [-0.1, -0.05) is 31.4 Å². The Morgan fingerprint density at radius 2 is 1.86 bits per heavy atom. The van der Waals surface area contributed by atoms with Crippen LogP contribution >= 0.6 is 24.0 Å². The number of aliphatic imine (C=N–C) groups is 1. The van der Waals surface area contributed by atoms with E-state index in [0.717, 1.165) is 18.4 Å². The summed E-state index contributed by atoms with van der Waals surface area (Å²) in [5, 5.41) is 9.26. The molecule has 3 N–H and O–H groups in total. The third-order valence-electron chi connectivity index (χ3n) is 4.79. The van der Waals surface area contributed by atoms with E-state index in [1.807, 2.05) is 13.0 Å². The van der Waals surface area contributed by atoms with Crippen LogP contribution in [0.2, 0.25) is 0 Å². The van der Waals surface area contributed by atoms with Crippen LogP contribution < -0.4 is 16.0 Å². The molecule has 0 unspecified atom stereocenters. The number of hydrogen-bond donors (Lipinski definition) is 3. The number of benzene rings is 1. The first-order valence-corrected chi connectivity index (χ1v) is 11.8. The highest BCUT2D eigenvalue weighted by Crippen LogP contribution is 2.18. The number of halogens is 1. The van der Waals surface area contributed by atoms with E-state index in [9.17, 15) is 13.2 Å². The number of carbonyl (C=O) groups is 1. The molecule has 7 nitrogen and oxygen atoms in total. The average Bonchev–Trinajstić information content (AvgIpc) is 2.64. The van der Waals surface area contributed by atoms with Gasteiger partial charge in [0.15, 0.2) is 15.8 Å². The highest BCUT2D eigenvalue weighted by Gasteiger charge is 2.15. The van der Waals surface area contributed by atoms with Crippen LogP contribution in [0.4, 0.5) is 0 Å². The standard InChI is InChI=1S/C20H32N4O3S.HI/c1-4-21-20(23-14-19(25)24-17-8-6-5-7-9-17)22-13-16-10-11-18(15(2)12-16)28(3,26)27;/h10-12,17H,4-9,13-14H2,1-3H3,(H,24,25)(H2,21,22,23);1H. The quantitative estimate of drug-likeness (QED) is 0.283. The molecule has 0 spiro atoms. The summed E-state index contributed by atoms with van der Waals surface area (Å²) < 4.78 is 23.4. The molecule has 1 saturated carbocycles. The maximum Gasteiger partial charge on any atom is 0.239 e. The first kappa shape index (κ1) is 25.7. The van der Waals surface area contributed by atoms with Gasteiger partial charge in [-0.2, -0.15) is 0 Å². The minimum absolute atomic E-state index is 0. The van der Waals surface area contributed by atoms with Crippen LogP contribution in [0.3, 0.4) is 0 Å². The Labute approximate surface area is 191 Å². The molecule has 1 fully saturated rings. The van der Waals surface area contributed by atoms with Crippen LogP contribution in [0.1, 0.15) is 50.2 Å². The Kier molecular flexibility index (Phi) is 10.9. The zero-order valence-corrected chi connectivity index (χ0v) is 20.6. The van der Waals surface area contributed by atoms with Gasteiger partial charge in [0, 0.05) is 18.8 Å². The van der Waals surface area contributed by atoms with Crippen molar-refractivity contribution in [2.45, 2.75) is 63.4 Å². The zero-order valence-electron chi connectivity index (χ0n) is 17.5. The molecule has 2 rings (SSSR count). The third kappa shape index (κ3) is 8.90. The Morgan fingerprint density at radius 3 is 2.45 bits per heavy atom. The van der Waals surface area contributed by atoms with Crippen LogP contribution in [0.15, 0.2) is 28.1 Å². The average molecular weight is 536 g/mol. The number of nitrogens with one attached hydrogen (secondary N) is 3. The lowest BCUT2D eigenvalue weighted by Crippen LogP contribution is -2.46. The van der Waals surface area contributed by atoms with Crippen LogP contribution in [-0.4, -0.2) is 45.7 Å². The van der Waals surface area contributed by atoms with Crippen molar-refractivity contribution in [1.82, 2.24) is 16.0 Å². The lowest BCUT2D eigenvalue weighted by Gasteiger charge is -2.23. The lowest BCUT2D eigenvalue weighted by atomic mass is 9.95. The van der Waals surface area contributed by atoms with Gasteiger partial charge in [-0.3, -0.25) is 4.79 Å². The second kappa shape index (κ2) is 12.4. The maximum atomic E-state index is 12.2. The summed E-state index contributed by atoms with van der Waals surface area (Å²) in [6.45, 7) is 4.99. The molecular weight excluding hydrogens is 503 g/mol. The van der Waals surface area contributed by atoms with Crippen molar-refractivity contribution in [3.8, 4) is 0 Å². The minimum atomic E-state index is -3.23. The van der Waals surface area contributed by atoms with Crippen molar-refractivity contribution in [2.24, 2.45) is 4.99 Å². The summed E-state index contributed by atoms with van der Waals surface area (Å²) in [7, 11) is -3.23. The fourth-order valence-corrected chi connectivity index (χ4v) is 4.39. The summed E-state index contributed by atoms with van der Waals surface area (Å²) in [6.07, 6.45) is 6.94. The molecule has 0 bridgehead atoms. The number of guanidine groups is 1. The molecule has 9 heteroatoms. The van der Waals surface area contributed by atoms with E-state index in [1.54, 1.807) is 19.1 Å². The first-order chi connectivity index (χ1) is 13.3. The molecule has 0 saturated heterocycles. The number of aryl methyl sites for hydroxylation is 1. The lowest BCUT2D eigenvalue weighted by molar-refractivity contribution is -0.120. The summed E-state index contributed by atoms with van der Waals surface area (Å²) in [5.74, 6) is 0.539. The molecule has 1 amide bonds. The van der Waals surface area contributed by atoms with Gasteiger partial charge in [0.25, 0.3) is 0 Å². The van der Waals surface area contributed by atoms with Crippen LogP contribution in [-0.2, 0) is 21.2 Å². The van der Waals surface area contributed by atoms with Crippen molar-refractivity contribution in [2.75, 3.05) is 19.3 Å². The molecule has 1 aromatic rings. The van der Waals surface area contributed by atoms with Gasteiger partial charge in [0.1, 0.15) is 0 Å². The smallest absolute Gasteiger partial charge is 0.239 e. The molecule has 1 aromatic carbocycles. The van der Waals surface area contributed by atoms with E-state index in [0.29, 0.717) is 35.5 Å². The molecule has 29 heavy (non-hydrogen) atoms. The van der Waals surface area contributed by atoms with Crippen molar-refractivity contribution >= 4 is 45.7 Å². The molecule has 0 aromatic heterocycles. The predicted molar refractivity (Wildman–Crippen MR) is 128 cm³/mol. The summed E-state index contributed by atoms with van der Waals surface area (Å²) in [5.41, 5.74) is 1.62. The fourth-order valence-electron chi connectivity index (χ4n) is 3.43. The highest BCUT2D eigenvalue weighted by atomic mass is 127. The van der Waals surface area contributed by atoms with Crippen LogP contribution in [0.5, 0.6) is 0 Å². The number of nitrogens with zero attached hydrogens (tertiary/aromatic N) is 1. The Balaban J connectivity index is 0.00000420. The van der Waals surface area contributed by atoms with Crippen molar-refractivity contribution in [3.63, 3.8) is 0 Å².